The summed E-state index contributed by atoms with van der Waals surface area (Å²) >= 11 is 0. The van der Waals surface area contributed by atoms with Crippen molar-refractivity contribution in [3.8, 4) is 5.75 Å². The molecule has 0 heterocycles. The Morgan fingerprint density at radius 1 is 1.35 bits per heavy atom. The topological polar surface area (TPSA) is 38.3 Å². The third-order valence-electron chi connectivity index (χ3n) is 4.43. The van der Waals surface area contributed by atoms with Gasteiger partial charge in [0.2, 0.25) is 0 Å². The fraction of sp³-hybridized carbons (Fsp3) is 0.533. The maximum Gasteiger partial charge on any atom is 0.387 e. The molecule has 0 bridgehead atoms. The lowest BCUT2D eigenvalue weighted by Crippen LogP contribution is -2.53. The van der Waals surface area contributed by atoms with Crippen molar-refractivity contribution in [2.45, 2.75) is 44.8 Å². The number of amides is 1. The summed E-state index contributed by atoms with van der Waals surface area (Å²) in [5.41, 5.74) is 0.858. The van der Waals surface area contributed by atoms with Crippen LogP contribution in [-0.2, 0) is 0 Å². The first-order valence-electron chi connectivity index (χ1n) is 6.92. The number of carbonyl (C=O) groups excluding carboxylic acids is 1. The summed E-state index contributed by atoms with van der Waals surface area (Å²) in [6, 6.07) is 6.13. The summed E-state index contributed by atoms with van der Waals surface area (Å²) in [6.07, 6.45) is 5.94. The predicted octanol–water partition coefficient (Wildman–Crippen LogP) is 3.35. The average Bonchev–Trinajstić information content (AvgIpc) is 2.30. The summed E-state index contributed by atoms with van der Waals surface area (Å²) in [5.74, 6) is -0.208. The standard InChI is InChI=1S/C15H17F2NO2/c16-14(17)20-12-4-1-3-10(7-12)13(19)18-11-8-15(9-11)5-2-6-15/h1,3-4,7,11,14H,2,5-6,8-9H2,(H,18,19). The van der Waals surface area contributed by atoms with Gasteiger partial charge in [0.1, 0.15) is 5.75 Å². The van der Waals surface area contributed by atoms with E-state index in [1.165, 1.54) is 31.4 Å². The lowest BCUT2D eigenvalue weighted by Gasteiger charge is -2.54. The summed E-state index contributed by atoms with van der Waals surface area (Å²) < 4.78 is 28.6. The summed E-state index contributed by atoms with van der Waals surface area (Å²) in [4.78, 5) is 12.0. The maximum absolute atomic E-state index is 12.1. The van der Waals surface area contributed by atoms with Crippen molar-refractivity contribution in [3.63, 3.8) is 0 Å². The van der Waals surface area contributed by atoms with Gasteiger partial charge in [-0.1, -0.05) is 12.5 Å². The van der Waals surface area contributed by atoms with Gasteiger partial charge in [-0.05, 0) is 49.3 Å². The lowest BCUT2D eigenvalue weighted by atomic mass is 9.54. The van der Waals surface area contributed by atoms with Crippen molar-refractivity contribution < 1.29 is 18.3 Å². The van der Waals surface area contributed by atoms with Crippen molar-refractivity contribution in [2.24, 2.45) is 5.41 Å². The number of ether oxygens (including phenoxy) is 1. The van der Waals surface area contributed by atoms with Gasteiger partial charge >= 0.3 is 6.61 Å². The second-order valence-corrected chi connectivity index (χ2v) is 5.84. The fourth-order valence-corrected chi connectivity index (χ4v) is 3.25. The number of hydrogen-bond acceptors (Lipinski definition) is 2. The van der Waals surface area contributed by atoms with Gasteiger partial charge in [-0.25, -0.2) is 0 Å². The SMILES string of the molecule is O=C(NC1CC2(CCC2)C1)c1cccc(OC(F)F)c1. The van der Waals surface area contributed by atoms with Crippen molar-refractivity contribution in [1.82, 2.24) is 5.32 Å². The van der Waals surface area contributed by atoms with Crippen LogP contribution >= 0.6 is 0 Å². The molecular weight excluding hydrogens is 264 g/mol. The first kappa shape index (κ1) is 13.3. The molecule has 2 fully saturated rings. The zero-order valence-corrected chi connectivity index (χ0v) is 11.1. The highest BCUT2D eigenvalue weighted by molar-refractivity contribution is 5.94. The van der Waals surface area contributed by atoms with Gasteiger partial charge in [0.05, 0.1) is 0 Å². The van der Waals surface area contributed by atoms with E-state index in [9.17, 15) is 13.6 Å². The number of nitrogens with one attached hydrogen (secondary N) is 1. The van der Waals surface area contributed by atoms with Crippen LogP contribution in [0.15, 0.2) is 24.3 Å². The molecule has 108 valence electrons. The Bertz CT molecular complexity index is 506. The Labute approximate surface area is 116 Å². The minimum Gasteiger partial charge on any atom is -0.435 e. The first-order valence-corrected chi connectivity index (χ1v) is 6.92. The number of hydrogen-bond donors (Lipinski definition) is 1. The average molecular weight is 281 g/mol. The molecule has 3 nitrogen and oxygen atoms in total. The Balaban J connectivity index is 1.57. The zero-order valence-electron chi connectivity index (χ0n) is 11.1. The molecule has 0 aromatic heterocycles. The highest BCUT2D eigenvalue weighted by Crippen LogP contribution is 2.55. The van der Waals surface area contributed by atoms with Crippen LogP contribution in [0.5, 0.6) is 5.75 Å². The van der Waals surface area contributed by atoms with Crippen molar-refractivity contribution in [1.29, 1.82) is 0 Å². The quantitative estimate of drug-likeness (QED) is 0.919. The molecule has 5 heteroatoms. The van der Waals surface area contributed by atoms with Crippen molar-refractivity contribution >= 4 is 5.91 Å². The van der Waals surface area contributed by atoms with Gasteiger partial charge in [-0.15, -0.1) is 0 Å². The summed E-state index contributed by atoms with van der Waals surface area (Å²) in [6.45, 7) is -2.88. The number of alkyl halides is 2. The molecule has 2 aliphatic rings. The maximum atomic E-state index is 12.1. The van der Waals surface area contributed by atoms with E-state index in [2.05, 4.69) is 10.1 Å². The monoisotopic (exact) mass is 281 g/mol. The Kier molecular flexibility index (Phi) is 3.36. The molecule has 1 amide bonds. The van der Waals surface area contributed by atoms with E-state index in [0.717, 1.165) is 12.8 Å². The van der Waals surface area contributed by atoms with Gasteiger partial charge < -0.3 is 10.1 Å². The molecule has 0 atom stereocenters. The van der Waals surface area contributed by atoms with Crippen LogP contribution in [0.25, 0.3) is 0 Å². The largest absolute Gasteiger partial charge is 0.435 e. The smallest absolute Gasteiger partial charge is 0.387 e. The van der Waals surface area contributed by atoms with Gasteiger partial charge in [-0.2, -0.15) is 8.78 Å². The van der Waals surface area contributed by atoms with Crippen molar-refractivity contribution in [3.05, 3.63) is 29.8 Å². The van der Waals surface area contributed by atoms with E-state index < -0.39 is 6.61 Å². The molecule has 2 saturated carbocycles. The Morgan fingerprint density at radius 3 is 2.70 bits per heavy atom. The molecule has 1 spiro atoms. The summed E-state index contributed by atoms with van der Waals surface area (Å²) in [7, 11) is 0. The molecule has 1 aromatic carbocycles. The molecule has 1 N–H and O–H groups in total. The van der Waals surface area contributed by atoms with Crippen LogP contribution in [0, 0.1) is 5.41 Å². The Hall–Kier alpha value is -1.65. The number of carbonyl (C=O) groups is 1. The van der Waals surface area contributed by atoms with Crippen LogP contribution < -0.4 is 10.1 Å². The number of halogens is 2. The molecule has 3 rings (SSSR count). The van der Waals surface area contributed by atoms with Crippen LogP contribution in [0.1, 0.15) is 42.5 Å². The van der Waals surface area contributed by atoms with Crippen LogP contribution in [0.2, 0.25) is 0 Å². The summed E-state index contributed by atoms with van der Waals surface area (Å²) in [5, 5.41) is 2.95. The molecule has 20 heavy (non-hydrogen) atoms. The van der Waals surface area contributed by atoms with E-state index >= 15 is 0 Å². The second kappa shape index (κ2) is 5.04. The van der Waals surface area contributed by atoms with Crippen LogP contribution in [0.3, 0.4) is 0 Å². The molecule has 1 aromatic rings. The number of rotatable bonds is 4. The van der Waals surface area contributed by atoms with Gasteiger partial charge in [0.25, 0.3) is 5.91 Å². The third-order valence-corrected chi connectivity index (χ3v) is 4.43. The minimum absolute atomic E-state index is 0.0109. The van der Waals surface area contributed by atoms with Crippen molar-refractivity contribution in [2.75, 3.05) is 0 Å². The van der Waals surface area contributed by atoms with E-state index in [-0.39, 0.29) is 17.7 Å². The van der Waals surface area contributed by atoms with E-state index in [4.69, 9.17) is 0 Å². The molecule has 0 saturated heterocycles. The van der Waals surface area contributed by atoms with E-state index in [0.29, 0.717) is 11.0 Å². The molecular formula is C15H17F2NO2. The first-order chi connectivity index (χ1) is 9.56. The molecule has 2 aliphatic carbocycles. The van der Waals surface area contributed by atoms with Gasteiger partial charge in [0, 0.05) is 11.6 Å². The molecule has 0 unspecified atom stereocenters. The highest BCUT2D eigenvalue weighted by atomic mass is 19.3. The van der Waals surface area contributed by atoms with E-state index in [1.807, 2.05) is 0 Å². The van der Waals surface area contributed by atoms with Gasteiger partial charge in [-0.3, -0.25) is 4.79 Å². The van der Waals surface area contributed by atoms with Gasteiger partial charge in [0.15, 0.2) is 0 Å². The second-order valence-electron chi connectivity index (χ2n) is 5.84. The minimum atomic E-state index is -2.88. The molecule has 0 radical (unpaired) electrons. The predicted molar refractivity (Wildman–Crippen MR) is 69.8 cm³/mol. The van der Waals surface area contributed by atoms with Crippen LogP contribution in [-0.4, -0.2) is 18.6 Å². The highest BCUT2D eigenvalue weighted by Gasteiger charge is 2.48. The fourth-order valence-electron chi connectivity index (χ4n) is 3.25. The lowest BCUT2D eigenvalue weighted by molar-refractivity contribution is -0.0499. The molecule has 0 aliphatic heterocycles. The zero-order chi connectivity index (χ0) is 14.2. The normalized spacial score (nSPS) is 20.4. The van der Waals surface area contributed by atoms with E-state index in [1.54, 1.807) is 12.1 Å². The number of benzene rings is 1. The third kappa shape index (κ3) is 2.62. The van der Waals surface area contributed by atoms with Crippen LogP contribution in [0.4, 0.5) is 8.78 Å². The Morgan fingerprint density at radius 2 is 2.10 bits per heavy atom.